The lowest BCUT2D eigenvalue weighted by atomic mass is 10.0. The van der Waals surface area contributed by atoms with E-state index in [2.05, 4.69) is 37.0 Å². The number of fused-ring (bicyclic) bond motifs is 1. The van der Waals surface area contributed by atoms with Crippen molar-refractivity contribution in [2.24, 2.45) is 5.92 Å². The van der Waals surface area contributed by atoms with Crippen molar-refractivity contribution in [3.8, 4) is 0 Å². The molecule has 0 spiro atoms. The summed E-state index contributed by atoms with van der Waals surface area (Å²) in [6.45, 7) is 5.52. The summed E-state index contributed by atoms with van der Waals surface area (Å²) in [6, 6.07) is 6.36. The van der Waals surface area contributed by atoms with Gasteiger partial charge in [-0.2, -0.15) is 0 Å². The van der Waals surface area contributed by atoms with Gasteiger partial charge in [0.05, 0.1) is 24.0 Å². The van der Waals surface area contributed by atoms with E-state index in [0.717, 1.165) is 49.1 Å². The van der Waals surface area contributed by atoms with Gasteiger partial charge in [-0.1, -0.05) is 11.3 Å². The Labute approximate surface area is 142 Å². The van der Waals surface area contributed by atoms with Crippen LogP contribution in [0.4, 0.5) is 0 Å². The topological polar surface area (TPSA) is 56.1 Å². The minimum Gasteiger partial charge on any atom is -0.383 e. The second-order valence-corrected chi connectivity index (χ2v) is 7.01. The van der Waals surface area contributed by atoms with Crippen molar-refractivity contribution in [3.63, 3.8) is 0 Å². The minimum atomic E-state index is 0.161. The van der Waals surface area contributed by atoms with Crippen molar-refractivity contribution < 1.29 is 4.74 Å². The van der Waals surface area contributed by atoms with Crippen molar-refractivity contribution in [1.82, 2.24) is 24.9 Å². The van der Waals surface area contributed by atoms with Crippen molar-refractivity contribution >= 4 is 0 Å². The number of rotatable bonds is 6. The molecule has 0 N–H and O–H groups in total. The number of hydrogen-bond acceptors (Lipinski definition) is 5. The monoisotopic (exact) mass is 327 g/mol. The van der Waals surface area contributed by atoms with Crippen LogP contribution >= 0.6 is 0 Å². The zero-order chi connectivity index (χ0) is 16.5. The summed E-state index contributed by atoms with van der Waals surface area (Å²) < 4.78 is 7.63. The van der Waals surface area contributed by atoms with Crippen LogP contribution in [0.1, 0.15) is 41.7 Å². The molecule has 6 heteroatoms. The Balaban J connectivity index is 1.56. The molecule has 1 atom stereocenters. The van der Waals surface area contributed by atoms with Gasteiger partial charge in [0.1, 0.15) is 5.69 Å². The summed E-state index contributed by atoms with van der Waals surface area (Å²) in [7, 11) is 1.76. The first-order valence-corrected chi connectivity index (χ1v) is 8.82. The average Bonchev–Trinajstić information content (AvgIpc) is 3.29. The maximum atomic E-state index is 5.49. The molecule has 6 nitrogen and oxygen atoms in total. The maximum Gasteiger partial charge on any atom is 0.105 e. The molecule has 0 bridgehead atoms. The van der Waals surface area contributed by atoms with E-state index in [1.165, 1.54) is 18.5 Å². The Morgan fingerprint density at radius 3 is 2.92 bits per heavy atom. The van der Waals surface area contributed by atoms with Crippen LogP contribution in [-0.2, 0) is 24.2 Å². The summed E-state index contributed by atoms with van der Waals surface area (Å²) in [5.41, 5.74) is 4.56. The van der Waals surface area contributed by atoms with Crippen molar-refractivity contribution in [2.75, 3.05) is 20.3 Å². The van der Waals surface area contributed by atoms with Gasteiger partial charge < -0.3 is 4.74 Å². The lowest BCUT2D eigenvalue weighted by Crippen LogP contribution is -2.38. The molecule has 0 saturated heterocycles. The van der Waals surface area contributed by atoms with E-state index in [1.807, 2.05) is 13.0 Å². The Morgan fingerprint density at radius 2 is 2.17 bits per heavy atom. The van der Waals surface area contributed by atoms with Crippen LogP contribution in [0, 0.1) is 12.8 Å². The van der Waals surface area contributed by atoms with Crippen molar-refractivity contribution in [1.29, 1.82) is 0 Å². The molecule has 1 saturated carbocycles. The van der Waals surface area contributed by atoms with Crippen LogP contribution in [0.3, 0.4) is 0 Å². The van der Waals surface area contributed by atoms with E-state index in [9.17, 15) is 0 Å². The SMILES string of the molecule is COCC1c2nnn(CC3CC3)c2CCN1Cc1cccc(C)n1. The molecule has 1 aliphatic carbocycles. The predicted octanol–water partition coefficient (Wildman–Crippen LogP) is 2.14. The first-order valence-electron chi connectivity index (χ1n) is 8.82. The number of methoxy groups -OCH3 is 1. The van der Waals surface area contributed by atoms with Gasteiger partial charge in [-0.15, -0.1) is 5.10 Å². The summed E-state index contributed by atoms with van der Waals surface area (Å²) >= 11 is 0. The fourth-order valence-electron chi connectivity index (χ4n) is 3.56. The van der Waals surface area contributed by atoms with Crippen LogP contribution in [-0.4, -0.2) is 45.1 Å². The molecule has 2 aromatic heterocycles. The summed E-state index contributed by atoms with van der Waals surface area (Å²) in [5, 5.41) is 8.95. The van der Waals surface area contributed by atoms with E-state index in [1.54, 1.807) is 7.11 Å². The Bertz CT molecular complexity index is 709. The first-order chi connectivity index (χ1) is 11.7. The van der Waals surface area contributed by atoms with Gasteiger partial charge in [0.25, 0.3) is 0 Å². The number of nitrogens with zero attached hydrogens (tertiary/aromatic N) is 5. The smallest absolute Gasteiger partial charge is 0.105 e. The van der Waals surface area contributed by atoms with Gasteiger partial charge in [0, 0.05) is 38.9 Å². The molecule has 24 heavy (non-hydrogen) atoms. The van der Waals surface area contributed by atoms with Gasteiger partial charge >= 0.3 is 0 Å². The van der Waals surface area contributed by atoms with Crippen LogP contribution in [0.5, 0.6) is 0 Å². The second kappa shape index (κ2) is 6.61. The van der Waals surface area contributed by atoms with Crippen LogP contribution in [0.2, 0.25) is 0 Å². The van der Waals surface area contributed by atoms with E-state index in [0.29, 0.717) is 6.61 Å². The summed E-state index contributed by atoms with van der Waals surface area (Å²) in [5.74, 6) is 0.811. The van der Waals surface area contributed by atoms with Crippen LogP contribution in [0.15, 0.2) is 18.2 Å². The lowest BCUT2D eigenvalue weighted by molar-refractivity contribution is 0.0741. The average molecular weight is 327 g/mol. The van der Waals surface area contributed by atoms with E-state index >= 15 is 0 Å². The quantitative estimate of drug-likeness (QED) is 0.813. The normalized spacial score (nSPS) is 21.0. The standard InChI is InChI=1S/C18H25N5O/c1-13-4-3-5-15(19-13)11-22-9-8-16-18(17(22)12-24-2)20-21-23(16)10-14-6-7-14/h3-5,14,17H,6-12H2,1-2H3. The molecule has 2 aromatic rings. The molecule has 0 aromatic carbocycles. The lowest BCUT2D eigenvalue weighted by Gasteiger charge is -2.34. The molecular formula is C18H25N5O. The third-order valence-corrected chi connectivity index (χ3v) is 5.02. The molecule has 1 fully saturated rings. The molecule has 128 valence electrons. The Morgan fingerprint density at radius 1 is 1.29 bits per heavy atom. The highest BCUT2D eigenvalue weighted by atomic mass is 16.5. The largest absolute Gasteiger partial charge is 0.383 e. The molecule has 3 heterocycles. The van der Waals surface area contributed by atoms with E-state index in [4.69, 9.17) is 4.74 Å². The summed E-state index contributed by atoms with van der Waals surface area (Å²) in [4.78, 5) is 7.07. The molecular weight excluding hydrogens is 302 g/mol. The zero-order valence-electron chi connectivity index (χ0n) is 14.5. The molecule has 1 aliphatic heterocycles. The van der Waals surface area contributed by atoms with Gasteiger partial charge in [-0.05, 0) is 37.8 Å². The van der Waals surface area contributed by atoms with Crippen molar-refractivity contribution in [2.45, 2.75) is 45.3 Å². The van der Waals surface area contributed by atoms with Crippen LogP contribution in [0.25, 0.3) is 0 Å². The highest BCUT2D eigenvalue weighted by Crippen LogP contribution is 2.33. The fraction of sp³-hybridized carbons (Fsp3) is 0.611. The predicted molar refractivity (Wildman–Crippen MR) is 90.5 cm³/mol. The Kier molecular flexibility index (Phi) is 4.33. The Hall–Kier alpha value is -1.79. The van der Waals surface area contributed by atoms with Gasteiger partial charge in [-0.25, -0.2) is 4.68 Å². The third-order valence-electron chi connectivity index (χ3n) is 5.02. The number of pyridine rings is 1. The molecule has 2 aliphatic rings. The van der Waals surface area contributed by atoms with Gasteiger partial charge in [0.15, 0.2) is 0 Å². The van der Waals surface area contributed by atoms with Crippen LogP contribution < -0.4 is 0 Å². The van der Waals surface area contributed by atoms with E-state index in [-0.39, 0.29) is 6.04 Å². The van der Waals surface area contributed by atoms with Gasteiger partial charge in [0.2, 0.25) is 0 Å². The second-order valence-electron chi connectivity index (χ2n) is 7.01. The molecule has 0 amide bonds. The number of hydrogen-bond donors (Lipinski definition) is 0. The molecule has 1 unspecified atom stereocenters. The number of aromatic nitrogens is 4. The minimum absolute atomic E-state index is 0.161. The van der Waals surface area contributed by atoms with Gasteiger partial charge in [-0.3, -0.25) is 9.88 Å². The first kappa shape index (κ1) is 15.7. The zero-order valence-corrected chi connectivity index (χ0v) is 14.5. The highest BCUT2D eigenvalue weighted by Gasteiger charge is 2.33. The van der Waals surface area contributed by atoms with E-state index < -0.39 is 0 Å². The van der Waals surface area contributed by atoms with Crippen molar-refractivity contribution in [3.05, 3.63) is 41.0 Å². The number of aryl methyl sites for hydroxylation is 1. The third kappa shape index (κ3) is 3.21. The highest BCUT2D eigenvalue weighted by molar-refractivity contribution is 5.20. The number of ether oxygens (including phenoxy) is 1. The maximum absolute atomic E-state index is 5.49. The summed E-state index contributed by atoms with van der Waals surface area (Å²) in [6.07, 6.45) is 3.67. The molecule has 4 rings (SSSR count). The molecule has 0 radical (unpaired) electrons. The fourth-order valence-corrected chi connectivity index (χ4v) is 3.56.